The van der Waals surface area contributed by atoms with E-state index in [1.54, 1.807) is 0 Å². The first-order valence-electron chi connectivity index (χ1n) is 8.99. The van der Waals surface area contributed by atoms with Gasteiger partial charge in [0, 0.05) is 39.9 Å². The Bertz CT molecular complexity index is 458. The number of hydrogen-bond donors (Lipinski definition) is 0. The molecule has 1 aliphatic rings. The topological polar surface area (TPSA) is 28.6 Å². The number of morpholine rings is 1. The Balaban J connectivity index is 1.98. The van der Waals surface area contributed by atoms with Crippen molar-refractivity contribution in [1.29, 1.82) is 0 Å². The van der Waals surface area contributed by atoms with Gasteiger partial charge in [-0.15, -0.1) is 0 Å². The molecule has 1 saturated heterocycles. The van der Waals surface area contributed by atoms with Crippen molar-refractivity contribution in [2.45, 2.75) is 58.8 Å². The minimum Gasteiger partial charge on any atom is -0.372 e. The van der Waals surface area contributed by atoms with E-state index >= 15 is 0 Å². The number of ether oxygens (including phenoxy) is 1. The first-order chi connectivity index (χ1) is 11.0. The van der Waals surface area contributed by atoms with Crippen molar-refractivity contribution < 1.29 is 4.74 Å². The summed E-state index contributed by atoms with van der Waals surface area (Å²) in [6.07, 6.45) is 6.40. The van der Waals surface area contributed by atoms with E-state index in [9.17, 15) is 0 Å². The van der Waals surface area contributed by atoms with Crippen LogP contribution in [-0.4, -0.2) is 49.3 Å². The van der Waals surface area contributed by atoms with E-state index in [2.05, 4.69) is 42.8 Å². The second-order valence-electron chi connectivity index (χ2n) is 7.30. The van der Waals surface area contributed by atoms with Gasteiger partial charge in [0.15, 0.2) is 0 Å². The maximum atomic E-state index is 6.30. The van der Waals surface area contributed by atoms with Crippen LogP contribution >= 0.6 is 0 Å². The minimum absolute atomic E-state index is 0.347. The molecule has 0 aromatic carbocycles. The van der Waals surface area contributed by atoms with Gasteiger partial charge in [-0.1, -0.05) is 39.7 Å². The van der Waals surface area contributed by atoms with Crippen molar-refractivity contribution >= 4 is 5.82 Å². The fourth-order valence-corrected chi connectivity index (χ4v) is 3.07. The third kappa shape index (κ3) is 5.47. The summed E-state index contributed by atoms with van der Waals surface area (Å²) in [5.41, 5.74) is 1.29. The highest BCUT2D eigenvalue weighted by Crippen LogP contribution is 2.22. The van der Waals surface area contributed by atoms with Gasteiger partial charge < -0.3 is 9.64 Å². The summed E-state index contributed by atoms with van der Waals surface area (Å²) >= 11 is 0. The minimum atomic E-state index is 0.347. The summed E-state index contributed by atoms with van der Waals surface area (Å²) in [6.45, 7) is 9.81. The summed E-state index contributed by atoms with van der Waals surface area (Å²) < 4.78 is 6.30. The zero-order valence-electron chi connectivity index (χ0n) is 15.5. The maximum absolute atomic E-state index is 6.30. The van der Waals surface area contributed by atoms with Crippen molar-refractivity contribution in [1.82, 2.24) is 9.88 Å². The van der Waals surface area contributed by atoms with Gasteiger partial charge in [-0.05, 0) is 24.0 Å². The van der Waals surface area contributed by atoms with Crippen molar-refractivity contribution in [3.63, 3.8) is 0 Å². The van der Waals surface area contributed by atoms with Gasteiger partial charge in [-0.3, -0.25) is 4.90 Å². The Morgan fingerprint density at radius 2 is 2.09 bits per heavy atom. The molecule has 0 N–H and O–H groups in total. The van der Waals surface area contributed by atoms with Crippen LogP contribution in [0.3, 0.4) is 0 Å². The lowest BCUT2D eigenvalue weighted by Crippen LogP contribution is -2.49. The van der Waals surface area contributed by atoms with Gasteiger partial charge >= 0.3 is 0 Å². The van der Waals surface area contributed by atoms with E-state index < -0.39 is 0 Å². The summed E-state index contributed by atoms with van der Waals surface area (Å²) in [5.74, 6) is 1.58. The maximum Gasteiger partial charge on any atom is 0.127 e. The van der Waals surface area contributed by atoms with E-state index in [1.165, 1.54) is 24.8 Å². The first-order valence-corrected chi connectivity index (χ1v) is 8.99. The summed E-state index contributed by atoms with van der Waals surface area (Å²) in [7, 11) is 4.05. The standard InChI is InChI=1S/C19H33N3O/c1-6-7-8-17-13-22(14-18(23-17)15(2)3)12-16-9-10-19(20-11-16)21(4)5/h9-11,15,17-18H,6-8,12-14H2,1-5H3/t17-,18-/m1/s1. The lowest BCUT2D eigenvalue weighted by molar-refractivity contribution is -0.108. The molecule has 1 fully saturated rings. The van der Waals surface area contributed by atoms with Crippen LogP contribution in [0.15, 0.2) is 18.3 Å². The molecule has 1 aliphatic heterocycles. The molecule has 0 radical (unpaired) electrons. The van der Waals surface area contributed by atoms with Crippen LogP contribution < -0.4 is 4.90 Å². The lowest BCUT2D eigenvalue weighted by Gasteiger charge is -2.40. The number of rotatable bonds is 7. The van der Waals surface area contributed by atoms with Gasteiger partial charge in [0.2, 0.25) is 0 Å². The van der Waals surface area contributed by atoms with Gasteiger partial charge in [0.25, 0.3) is 0 Å². The average molecular weight is 319 g/mol. The molecule has 1 aromatic rings. The van der Waals surface area contributed by atoms with E-state index in [-0.39, 0.29) is 0 Å². The quantitative estimate of drug-likeness (QED) is 0.768. The molecule has 4 heteroatoms. The Labute approximate surface area is 141 Å². The summed E-state index contributed by atoms with van der Waals surface area (Å²) in [5, 5.41) is 0. The number of aromatic nitrogens is 1. The molecular formula is C19H33N3O. The van der Waals surface area contributed by atoms with Crippen LogP contribution in [-0.2, 0) is 11.3 Å². The molecule has 0 bridgehead atoms. The van der Waals surface area contributed by atoms with E-state index in [0.29, 0.717) is 18.1 Å². The summed E-state index contributed by atoms with van der Waals surface area (Å²) in [4.78, 5) is 9.11. The van der Waals surface area contributed by atoms with E-state index in [0.717, 1.165) is 25.5 Å². The van der Waals surface area contributed by atoms with Crippen LogP contribution in [0, 0.1) is 5.92 Å². The molecule has 2 heterocycles. The lowest BCUT2D eigenvalue weighted by atomic mass is 10.0. The number of pyridine rings is 1. The van der Waals surface area contributed by atoms with E-state index in [4.69, 9.17) is 4.74 Å². The Morgan fingerprint density at radius 1 is 1.30 bits per heavy atom. The first kappa shape index (κ1) is 18.2. The molecule has 4 nitrogen and oxygen atoms in total. The van der Waals surface area contributed by atoms with Crippen LogP contribution in [0.1, 0.15) is 45.6 Å². The predicted molar refractivity (Wildman–Crippen MR) is 96.9 cm³/mol. The second kappa shape index (κ2) is 8.65. The molecule has 0 amide bonds. The third-order valence-corrected chi connectivity index (χ3v) is 4.56. The zero-order chi connectivity index (χ0) is 16.8. The Kier molecular flexibility index (Phi) is 6.85. The Morgan fingerprint density at radius 3 is 2.65 bits per heavy atom. The van der Waals surface area contributed by atoms with Crippen LogP contribution in [0.4, 0.5) is 5.82 Å². The SMILES string of the molecule is CCCC[C@@H]1CN(Cc2ccc(N(C)C)nc2)C[C@H](C(C)C)O1. The molecular weight excluding hydrogens is 286 g/mol. The van der Waals surface area contributed by atoms with Crippen molar-refractivity contribution in [2.24, 2.45) is 5.92 Å². The van der Waals surface area contributed by atoms with Gasteiger partial charge in [0.05, 0.1) is 12.2 Å². The third-order valence-electron chi connectivity index (χ3n) is 4.56. The van der Waals surface area contributed by atoms with E-state index in [1.807, 2.05) is 25.2 Å². The normalized spacial score (nSPS) is 22.5. The highest BCUT2D eigenvalue weighted by Gasteiger charge is 2.29. The van der Waals surface area contributed by atoms with Crippen LogP contribution in [0.25, 0.3) is 0 Å². The smallest absolute Gasteiger partial charge is 0.127 e. The fourth-order valence-electron chi connectivity index (χ4n) is 3.07. The van der Waals surface area contributed by atoms with Crippen molar-refractivity contribution in [2.75, 3.05) is 32.1 Å². The molecule has 0 aliphatic carbocycles. The zero-order valence-corrected chi connectivity index (χ0v) is 15.5. The fraction of sp³-hybridized carbons (Fsp3) is 0.737. The second-order valence-corrected chi connectivity index (χ2v) is 7.30. The number of hydrogen-bond acceptors (Lipinski definition) is 4. The Hall–Kier alpha value is -1.13. The monoisotopic (exact) mass is 319 g/mol. The van der Waals surface area contributed by atoms with Gasteiger partial charge in [0.1, 0.15) is 5.82 Å². The number of nitrogens with zero attached hydrogens (tertiary/aromatic N) is 3. The molecule has 23 heavy (non-hydrogen) atoms. The summed E-state index contributed by atoms with van der Waals surface area (Å²) in [6, 6.07) is 4.30. The largest absolute Gasteiger partial charge is 0.372 e. The molecule has 0 unspecified atom stereocenters. The van der Waals surface area contributed by atoms with Gasteiger partial charge in [-0.2, -0.15) is 0 Å². The highest BCUT2D eigenvalue weighted by atomic mass is 16.5. The predicted octanol–water partition coefficient (Wildman–Crippen LogP) is 3.56. The van der Waals surface area contributed by atoms with Crippen molar-refractivity contribution in [3.05, 3.63) is 23.9 Å². The highest BCUT2D eigenvalue weighted by molar-refractivity contribution is 5.37. The van der Waals surface area contributed by atoms with Crippen molar-refractivity contribution in [3.8, 4) is 0 Å². The molecule has 130 valence electrons. The molecule has 0 spiro atoms. The average Bonchev–Trinajstić information content (AvgIpc) is 2.53. The molecule has 2 atom stereocenters. The number of anilines is 1. The molecule has 1 aromatic heterocycles. The van der Waals surface area contributed by atoms with Crippen LogP contribution in [0.5, 0.6) is 0 Å². The van der Waals surface area contributed by atoms with Gasteiger partial charge in [-0.25, -0.2) is 4.98 Å². The number of unbranched alkanes of at least 4 members (excludes halogenated alkanes) is 1. The molecule has 2 rings (SSSR count). The van der Waals surface area contributed by atoms with Crippen LogP contribution in [0.2, 0.25) is 0 Å². The molecule has 0 saturated carbocycles.